The van der Waals surface area contributed by atoms with Crippen LogP contribution >= 0.6 is 0 Å². The summed E-state index contributed by atoms with van der Waals surface area (Å²) in [7, 11) is 0. The first-order chi connectivity index (χ1) is 8.33. The topological polar surface area (TPSA) is 38.8 Å². The summed E-state index contributed by atoms with van der Waals surface area (Å²) in [5, 5.41) is 0. The van der Waals surface area contributed by atoms with Crippen LogP contribution in [0.15, 0.2) is 0 Å². The van der Waals surface area contributed by atoms with Crippen LogP contribution in [0.4, 0.5) is 0 Å². The molecule has 1 atom stereocenters. The van der Waals surface area contributed by atoms with Crippen LogP contribution in [0.1, 0.15) is 64.7 Å². The minimum absolute atomic E-state index is 0.0233. The summed E-state index contributed by atoms with van der Waals surface area (Å²) in [5.74, 6) is -0.0233. The van der Waals surface area contributed by atoms with Crippen molar-refractivity contribution in [2.24, 2.45) is 0 Å². The summed E-state index contributed by atoms with van der Waals surface area (Å²) in [6.45, 7) is 3.67. The minimum Gasteiger partial charge on any atom is -0.466 e. The molecule has 100 valence electrons. The smallest absolute Gasteiger partial charge is 0.305 e. The van der Waals surface area contributed by atoms with Crippen molar-refractivity contribution in [3.63, 3.8) is 0 Å². The average Bonchev–Trinajstić information content (AvgIpc) is 3.12. The van der Waals surface area contributed by atoms with Crippen LogP contribution in [0, 0.1) is 0 Å². The van der Waals surface area contributed by atoms with Crippen LogP contribution in [0.3, 0.4) is 0 Å². The van der Waals surface area contributed by atoms with Gasteiger partial charge in [-0.3, -0.25) is 4.79 Å². The standard InChI is InChI=1S/C14H26O3/c1-2-3-11-16-14(15)10-8-6-4-5-7-9-13-12-17-13/h13H,2-12H2,1H3. The van der Waals surface area contributed by atoms with Gasteiger partial charge >= 0.3 is 5.97 Å². The molecule has 0 aromatic heterocycles. The van der Waals surface area contributed by atoms with E-state index >= 15 is 0 Å². The highest BCUT2D eigenvalue weighted by Gasteiger charge is 2.20. The molecule has 1 aliphatic rings. The third kappa shape index (κ3) is 9.16. The quantitative estimate of drug-likeness (QED) is 0.316. The summed E-state index contributed by atoms with van der Waals surface area (Å²) in [4.78, 5) is 11.3. The predicted octanol–water partition coefficient (Wildman–Crippen LogP) is 3.46. The summed E-state index contributed by atoms with van der Waals surface area (Å²) in [6.07, 6.45) is 10.3. The van der Waals surface area contributed by atoms with E-state index in [1.165, 1.54) is 25.7 Å². The molecule has 1 saturated heterocycles. The van der Waals surface area contributed by atoms with E-state index in [4.69, 9.17) is 9.47 Å². The van der Waals surface area contributed by atoms with E-state index in [1.54, 1.807) is 0 Å². The van der Waals surface area contributed by atoms with Crippen LogP contribution in [0.25, 0.3) is 0 Å². The maximum absolute atomic E-state index is 11.3. The number of carbonyl (C=O) groups excluding carboxylic acids is 1. The summed E-state index contributed by atoms with van der Waals surface area (Å²) in [6, 6.07) is 0. The summed E-state index contributed by atoms with van der Waals surface area (Å²) < 4.78 is 10.2. The molecule has 1 rings (SSSR count). The molecule has 1 heterocycles. The molecule has 0 bridgehead atoms. The van der Waals surface area contributed by atoms with Gasteiger partial charge in [0.2, 0.25) is 0 Å². The van der Waals surface area contributed by atoms with Crippen molar-refractivity contribution in [1.29, 1.82) is 0 Å². The predicted molar refractivity (Wildman–Crippen MR) is 67.9 cm³/mol. The van der Waals surface area contributed by atoms with Crippen molar-refractivity contribution in [2.75, 3.05) is 13.2 Å². The molecule has 1 aliphatic heterocycles. The Morgan fingerprint density at radius 2 is 1.88 bits per heavy atom. The Kier molecular flexibility index (Phi) is 8.06. The van der Waals surface area contributed by atoms with E-state index in [1.807, 2.05) is 0 Å². The highest BCUT2D eigenvalue weighted by Crippen LogP contribution is 2.18. The van der Waals surface area contributed by atoms with Crippen LogP contribution in [-0.4, -0.2) is 25.3 Å². The fourth-order valence-electron chi connectivity index (χ4n) is 1.81. The highest BCUT2D eigenvalue weighted by molar-refractivity contribution is 5.69. The second-order valence-corrected chi connectivity index (χ2v) is 4.84. The third-order valence-electron chi connectivity index (χ3n) is 3.07. The number of unbranched alkanes of at least 4 members (excludes halogenated alkanes) is 5. The number of ether oxygens (including phenoxy) is 2. The monoisotopic (exact) mass is 242 g/mol. The largest absolute Gasteiger partial charge is 0.466 e. The normalized spacial score (nSPS) is 18.1. The van der Waals surface area contributed by atoms with E-state index in [2.05, 4.69) is 6.92 Å². The van der Waals surface area contributed by atoms with Gasteiger partial charge in [0.05, 0.1) is 19.3 Å². The van der Waals surface area contributed by atoms with E-state index in [0.29, 0.717) is 19.1 Å². The van der Waals surface area contributed by atoms with Crippen molar-refractivity contribution in [3.8, 4) is 0 Å². The lowest BCUT2D eigenvalue weighted by Gasteiger charge is -2.03. The van der Waals surface area contributed by atoms with E-state index in [-0.39, 0.29) is 5.97 Å². The molecule has 1 fully saturated rings. The molecule has 0 saturated carbocycles. The molecule has 0 spiro atoms. The molecular weight excluding hydrogens is 216 g/mol. The van der Waals surface area contributed by atoms with Crippen LogP contribution in [0.2, 0.25) is 0 Å². The number of hydrogen-bond acceptors (Lipinski definition) is 3. The molecule has 0 aromatic carbocycles. The van der Waals surface area contributed by atoms with Crippen molar-refractivity contribution >= 4 is 5.97 Å². The SMILES string of the molecule is CCCCOC(=O)CCCCCCCC1CO1. The summed E-state index contributed by atoms with van der Waals surface area (Å²) in [5.41, 5.74) is 0. The summed E-state index contributed by atoms with van der Waals surface area (Å²) >= 11 is 0. The zero-order valence-electron chi connectivity index (χ0n) is 11.1. The van der Waals surface area contributed by atoms with Gasteiger partial charge in [-0.15, -0.1) is 0 Å². The Labute approximate surface area is 105 Å². The average molecular weight is 242 g/mol. The fourth-order valence-corrected chi connectivity index (χ4v) is 1.81. The lowest BCUT2D eigenvalue weighted by Crippen LogP contribution is -2.05. The maximum Gasteiger partial charge on any atom is 0.305 e. The Morgan fingerprint density at radius 3 is 2.59 bits per heavy atom. The Hall–Kier alpha value is -0.570. The second-order valence-electron chi connectivity index (χ2n) is 4.84. The molecule has 1 unspecified atom stereocenters. The van der Waals surface area contributed by atoms with Crippen molar-refractivity contribution in [1.82, 2.24) is 0 Å². The zero-order chi connectivity index (χ0) is 12.3. The number of rotatable bonds is 11. The molecule has 0 radical (unpaired) electrons. The second kappa shape index (κ2) is 9.46. The molecule has 0 amide bonds. The van der Waals surface area contributed by atoms with Crippen LogP contribution in [0.5, 0.6) is 0 Å². The molecule has 0 N–H and O–H groups in total. The van der Waals surface area contributed by atoms with Crippen LogP contribution in [-0.2, 0) is 14.3 Å². The van der Waals surface area contributed by atoms with E-state index in [9.17, 15) is 4.79 Å². The first-order valence-corrected chi connectivity index (χ1v) is 7.10. The molecular formula is C14H26O3. The van der Waals surface area contributed by atoms with E-state index in [0.717, 1.165) is 32.3 Å². The van der Waals surface area contributed by atoms with Gasteiger partial charge in [0.25, 0.3) is 0 Å². The third-order valence-corrected chi connectivity index (χ3v) is 3.07. The van der Waals surface area contributed by atoms with Gasteiger partial charge in [-0.1, -0.05) is 39.0 Å². The fraction of sp³-hybridized carbons (Fsp3) is 0.929. The van der Waals surface area contributed by atoms with E-state index < -0.39 is 0 Å². The lowest BCUT2D eigenvalue weighted by atomic mass is 10.1. The molecule has 3 heteroatoms. The van der Waals surface area contributed by atoms with Gasteiger partial charge in [-0.05, 0) is 19.3 Å². The van der Waals surface area contributed by atoms with Gasteiger partial charge in [0.1, 0.15) is 0 Å². The Morgan fingerprint density at radius 1 is 1.18 bits per heavy atom. The zero-order valence-corrected chi connectivity index (χ0v) is 11.1. The number of epoxide rings is 1. The van der Waals surface area contributed by atoms with Gasteiger partial charge in [0, 0.05) is 6.42 Å². The first-order valence-electron chi connectivity index (χ1n) is 7.10. The molecule has 17 heavy (non-hydrogen) atoms. The lowest BCUT2D eigenvalue weighted by molar-refractivity contribution is -0.143. The van der Waals surface area contributed by atoms with Gasteiger partial charge in [-0.2, -0.15) is 0 Å². The van der Waals surface area contributed by atoms with Gasteiger partial charge in [0.15, 0.2) is 0 Å². The van der Waals surface area contributed by atoms with Crippen molar-refractivity contribution < 1.29 is 14.3 Å². The van der Waals surface area contributed by atoms with Crippen LogP contribution < -0.4 is 0 Å². The minimum atomic E-state index is -0.0233. The number of esters is 1. The van der Waals surface area contributed by atoms with Gasteiger partial charge < -0.3 is 9.47 Å². The Balaban J connectivity index is 1.74. The molecule has 3 nitrogen and oxygen atoms in total. The number of carbonyl (C=O) groups is 1. The maximum atomic E-state index is 11.3. The first kappa shape index (κ1) is 14.5. The van der Waals surface area contributed by atoms with Crippen molar-refractivity contribution in [3.05, 3.63) is 0 Å². The van der Waals surface area contributed by atoms with Gasteiger partial charge in [-0.25, -0.2) is 0 Å². The number of hydrogen-bond donors (Lipinski definition) is 0. The molecule has 0 aliphatic carbocycles. The van der Waals surface area contributed by atoms with Crippen molar-refractivity contribution in [2.45, 2.75) is 70.8 Å². The molecule has 0 aromatic rings. The highest BCUT2D eigenvalue weighted by atomic mass is 16.6. The Bertz CT molecular complexity index is 200.